The molecular formula is C15H14F3N3O3. The van der Waals surface area contributed by atoms with E-state index < -0.39 is 23.7 Å². The lowest BCUT2D eigenvalue weighted by molar-refractivity contribution is -0.141. The van der Waals surface area contributed by atoms with E-state index in [-0.39, 0.29) is 13.1 Å². The number of aromatic nitrogens is 2. The van der Waals surface area contributed by atoms with Crippen LogP contribution in [0.3, 0.4) is 0 Å². The lowest BCUT2D eigenvalue weighted by atomic mass is 10.1. The third-order valence-corrected chi connectivity index (χ3v) is 3.13. The fourth-order valence-electron chi connectivity index (χ4n) is 1.90. The zero-order chi connectivity index (χ0) is 17.7. The minimum absolute atomic E-state index is 0.0993. The van der Waals surface area contributed by atoms with Gasteiger partial charge in [0.25, 0.3) is 5.91 Å². The Morgan fingerprint density at radius 1 is 1.17 bits per heavy atom. The molecule has 0 aliphatic carbocycles. The number of hydrogen-bond donors (Lipinski definition) is 1. The van der Waals surface area contributed by atoms with Crippen molar-refractivity contribution in [2.45, 2.75) is 12.7 Å². The number of rotatable bonds is 5. The number of ether oxygens (including phenoxy) is 1. The Morgan fingerprint density at radius 3 is 2.33 bits per heavy atom. The molecule has 9 heteroatoms. The third-order valence-electron chi connectivity index (χ3n) is 3.13. The zero-order valence-electron chi connectivity index (χ0n) is 12.6. The second-order valence-corrected chi connectivity index (χ2v) is 4.79. The molecule has 0 saturated carbocycles. The van der Waals surface area contributed by atoms with E-state index in [9.17, 15) is 22.8 Å². The number of esters is 1. The van der Waals surface area contributed by atoms with E-state index >= 15 is 0 Å². The molecule has 24 heavy (non-hydrogen) atoms. The summed E-state index contributed by atoms with van der Waals surface area (Å²) in [7, 11) is 1.25. The molecule has 0 bridgehead atoms. The fourth-order valence-corrected chi connectivity index (χ4v) is 1.90. The Labute approximate surface area is 135 Å². The van der Waals surface area contributed by atoms with Crippen molar-refractivity contribution in [1.82, 2.24) is 15.1 Å². The van der Waals surface area contributed by atoms with Gasteiger partial charge >= 0.3 is 12.1 Å². The van der Waals surface area contributed by atoms with Crippen LogP contribution >= 0.6 is 0 Å². The monoisotopic (exact) mass is 341 g/mol. The minimum Gasteiger partial charge on any atom is -0.465 e. The van der Waals surface area contributed by atoms with E-state index in [4.69, 9.17) is 0 Å². The standard InChI is InChI=1S/C15H14F3N3O3/c1-24-14(23)11-4-2-10(3-5-11)13(22)19-7-9-21-8-6-12(20-21)15(16,17)18/h2-6,8H,7,9H2,1H3,(H,19,22). The molecule has 0 spiro atoms. The van der Waals surface area contributed by atoms with Crippen LogP contribution in [-0.2, 0) is 17.5 Å². The Hall–Kier alpha value is -2.84. The van der Waals surface area contributed by atoms with Gasteiger partial charge in [-0.05, 0) is 30.3 Å². The van der Waals surface area contributed by atoms with Gasteiger partial charge in [-0.3, -0.25) is 9.48 Å². The predicted molar refractivity (Wildman–Crippen MR) is 77.3 cm³/mol. The lowest BCUT2D eigenvalue weighted by Crippen LogP contribution is -2.27. The molecule has 2 aromatic rings. The Bertz CT molecular complexity index is 724. The average molecular weight is 341 g/mol. The van der Waals surface area contributed by atoms with E-state index in [0.717, 1.165) is 10.7 Å². The summed E-state index contributed by atoms with van der Waals surface area (Å²) in [4.78, 5) is 23.2. The molecule has 0 unspecified atom stereocenters. The number of halogens is 3. The van der Waals surface area contributed by atoms with Gasteiger partial charge in [0.2, 0.25) is 0 Å². The zero-order valence-corrected chi connectivity index (χ0v) is 12.6. The van der Waals surface area contributed by atoms with E-state index in [1.54, 1.807) is 0 Å². The molecule has 0 fully saturated rings. The molecule has 0 radical (unpaired) electrons. The highest BCUT2D eigenvalue weighted by Gasteiger charge is 2.33. The van der Waals surface area contributed by atoms with Gasteiger partial charge in [-0.2, -0.15) is 18.3 Å². The van der Waals surface area contributed by atoms with E-state index in [2.05, 4.69) is 15.2 Å². The summed E-state index contributed by atoms with van der Waals surface area (Å²) in [6.45, 7) is 0.207. The summed E-state index contributed by atoms with van der Waals surface area (Å²) in [5.41, 5.74) is -0.350. The summed E-state index contributed by atoms with van der Waals surface area (Å²) in [6, 6.07) is 6.68. The number of methoxy groups -OCH3 is 1. The van der Waals surface area contributed by atoms with Crippen LogP contribution in [0, 0.1) is 0 Å². The number of amides is 1. The second kappa shape index (κ2) is 7.16. The molecule has 6 nitrogen and oxygen atoms in total. The fraction of sp³-hybridized carbons (Fsp3) is 0.267. The quantitative estimate of drug-likeness (QED) is 0.846. The van der Waals surface area contributed by atoms with Crippen LogP contribution in [0.4, 0.5) is 13.2 Å². The van der Waals surface area contributed by atoms with Crippen molar-refractivity contribution in [2.24, 2.45) is 0 Å². The maximum atomic E-state index is 12.4. The first-order chi connectivity index (χ1) is 11.3. The van der Waals surface area contributed by atoms with Crippen LogP contribution in [0.1, 0.15) is 26.4 Å². The molecule has 128 valence electrons. The number of carbonyl (C=O) groups excluding carboxylic acids is 2. The van der Waals surface area contributed by atoms with Gasteiger partial charge in [-0.1, -0.05) is 0 Å². The topological polar surface area (TPSA) is 73.2 Å². The van der Waals surface area contributed by atoms with Crippen LogP contribution in [0.15, 0.2) is 36.5 Å². The highest BCUT2D eigenvalue weighted by molar-refractivity contribution is 5.96. The number of alkyl halides is 3. The number of benzene rings is 1. The molecule has 0 saturated heterocycles. The van der Waals surface area contributed by atoms with Crippen molar-refractivity contribution < 1.29 is 27.5 Å². The van der Waals surface area contributed by atoms with Crippen LogP contribution in [0.2, 0.25) is 0 Å². The van der Waals surface area contributed by atoms with E-state index in [1.807, 2.05) is 0 Å². The second-order valence-electron chi connectivity index (χ2n) is 4.79. The van der Waals surface area contributed by atoms with Gasteiger partial charge in [0.1, 0.15) is 0 Å². The van der Waals surface area contributed by atoms with Gasteiger partial charge in [-0.25, -0.2) is 4.79 Å². The largest absolute Gasteiger partial charge is 0.465 e. The molecule has 1 N–H and O–H groups in total. The number of hydrogen-bond acceptors (Lipinski definition) is 4. The third kappa shape index (κ3) is 4.34. The molecule has 1 amide bonds. The van der Waals surface area contributed by atoms with Crippen molar-refractivity contribution >= 4 is 11.9 Å². The Kier molecular flexibility index (Phi) is 5.22. The maximum absolute atomic E-state index is 12.4. The highest BCUT2D eigenvalue weighted by atomic mass is 19.4. The molecule has 1 heterocycles. The normalized spacial score (nSPS) is 11.2. The van der Waals surface area contributed by atoms with Gasteiger partial charge in [0, 0.05) is 18.3 Å². The van der Waals surface area contributed by atoms with Crippen LogP contribution in [-0.4, -0.2) is 35.3 Å². The predicted octanol–water partition coefficient (Wildman–Crippen LogP) is 2.12. The smallest absolute Gasteiger partial charge is 0.435 e. The summed E-state index contributed by atoms with van der Waals surface area (Å²) >= 11 is 0. The van der Waals surface area contributed by atoms with Gasteiger partial charge in [0.05, 0.1) is 19.2 Å². The Balaban J connectivity index is 1.87. The lowest BCUT2D eigenvalue weighted by Gasteiger charge is -2.06. The van der Waals surface area contributed by atoms with Gasteiger partial charge in [0.15, 0.2) is 5.69 Å². The molecule has 1 aromatic carbocycles. The summed E-state index contributed by atoms with van der Waals surface area (Å²) in [6.07, 6.45) is -3.30. The summed E-state index contributed by atoms with van der Waals surface area (Å²) in [5.74, 6) is -0.921. The SMILES string of the molecule is COC(=O)c1ccc(C(=O)NCCn2ccc(C(F)(F)F)n2)cc1. The minimum atomic E-state index is -4.49. The van der Waals surface area contributed by atoms with Crippen LogP contribution in [0.25, 0.3) is 0 Å². The van der Waals surface area contributed by atoms with Crippen molar-refractivity contribution in [1.29, 1.82) is 0 Å². The molecule has 2 rings (SSSR count). The molecular weight excluding hydrogens is 327 g/mol. The Morgan fingerprint density at radius 2 is 1.79 bits per heavy atom. The highest BCUT2D eigenvalue weighted by Crippen LogP contribution is 2.27. The van der Waals surface area contributed by atoms with Gasteiger partial charge < -0.3 is 10.1 Å². The van der Waals surface area contributed by atoms with Gasteiger partial charge in [-0.15, -0.1) is 0 Å². The first-order valence-electron chi connectivity index (χ1n) is 6.88. The molecule has 0 aliphatic rings. The van der Waals surface area contributed by atoms with Crippen LogP contribution in [0.5, 0.6) is 0 Å². The molecule has 0 atom stereocenters. The molecule has 1 aromatic heterocycles. The van der Waals surface area contributed by atoms with Crippen molar-refractivity contribution in [3.8, 4) is 0 Å². The first-order valence-corrected chi connectivity index (χ1v) is 6.88. The number of carbonyl (C=O) groups is 2. The maximum Gasteiger partial charge on any atom is 0.435 e. The van der Waals surface area contributed by atoms with E-state index in [0.29, 0.717) is 11.1 Å². The summed E-state index contributed by atoms with van der Waals surface area (Å²) in [5, 5.41) is 5.94. The van der Waals surface area contributed by atoms with Crippen LogP contribution < -0.4 is 5.32 Å². The molecule has 0 aliphatic heterocycles. The average Bonchev–Trinajstić information content (AvgIpc) is 3.03. The first kappa shape index (κ1) is 17.5. The van der Waals surface area contributed by atoms with E-state index in [1.165, 1.54) is 37.6 Å². The summed E-state index contributed by atoms with van der Waals surface area (Å²) < 4.78 is 42.9. The number of nitrogens with one attached hydrogen (secondary N) is 1. The van der Waals surface area contributed by atoms with Crippen molar-refractivity contribution in [3.63, 3.8) is 0 Å². The van der Waals surface area contributed by atoms with Crippen molar-refractivity contribution in [2.75, 3.05) is 13.7 Å². The van der Waals surface area contributed by atoms with Crippen molar-refractivity contribution in [3.05, 3.63) is 53.3 Å². The number of nitrogens with zero attached hydrogens (tertiary/aromatic N) is 2.